The number of nitrogens with zero attached hydrogens (tertiary/aromatic N) is 1. The predicted octanol–water partition coefficient (Wildman–Crippen LogP) is 1.55. The lowest BCUT2D eigenvalue weighted by Crippen LogP contribution is -2.44. The van der Waals surface area contributed by atoms with Gasteiger partial charge in [-0.3, -0.25) is 14.4 Å². The van der Waals surface area contributed by atoms with Crippen LogP contribution in [-0.4, -0.2) is 47.8 Å². The number of nitrogens with two attached hydrogens (primary N) is 1. The Morgan fingerprint density at radius 3 is 2.23 bits per heavy atom. The molecule has 0 aliphatic carbocycles. The molecule has 0 bridgehead atoms. The molecule has 3 N–H and O–H groups in total. The van der Waals surface area contributed by atoms with E-state index in [9.17, 15) is 19.2 Å². The number of Topliss-reactive ketones (excluding diaryl/α,β-unsaturated/α-hetero) is 1. The fourth-order valence-electron chi connectivity index (χ4n) is 2.69. The lowest BCUT2D eigenvalue weighted by atomic mass is 9.97. The Morgan fingerprint density at radius 1 is 1.15 bits per heavy atom. The summed E-state index contributed by atoms with van der Waals surface area (Å²) >= 11 is 0. The Morgan fingerprint density at radius 2 is 1.73 bits per heavy atom. The number of ketones is 1. The zero-order chi connectivity index (χ0) is 19.3. The number of hydrogen-bond donors (Lipinski definition) is 2. The van der Waals surface area contributed by atoms with E-state index in [1.807, 2.05) is 0 Å². The Balaban J connectivity index is 1.83. The number of anilines is 1. The minimum atomic E-state index is -0.954. The van der Waals surface area contributed by atoms with E-state index in [0.717, 1.165) is 0 Å². The standard InChI is InChI=1S/C18H23N3O5/c1-11(22)13-3-5-15(6-4-13)20-16(23)12(2)26-17(24)14-7-9-21(10-8-14)18(19)25/h3-6,12,14H,7-10H2,1-2H3,(H2,19,25)(H,20,23)/t12-/m0/s1. The molecule has 8 nitrogen and oxygen atoms in total. The van der Waals surface area contributed by atoms with Crippen molar-refractivity contribution in [2.45, 2.75) is 32.8 Å². The fourth-order valence-corrected chi connectivity index (χ4v) is 2.69. The van der Waals surface area contributed by atoms with Crippen molar-refractivity contribution in [2.24, 2.45) is 11.7 Å². The zero-order valence-corrected chi connectivity index (χ0v) is 14.9. The molecule has 8 heteroatoms. The summed E-state index contributed by atoms with van der Waals surface area (Å²) in [6, 6.07) is 5.95. The summed E-state index contributed by atoms with van der Waals surface area (Å²) in [5.74, 6) is -1.32. The molecule has 1 saturated heterocycles. The second-order valence-electron chi connectivity index (χ2n) is 6.30. The Bertz CT molecular complexity index is 693. The van der Waals surface area contributed by atoms with Crippen molar-refractivity contribution in [1.82, 2.24) is 4.90 Å². The van der Waals surface area contributed by atoms with Crippen LogP contribution in [0.1, 0.15) is 37.0 Å². The molecule has 0 radical (unpaired) electrons. The third-order valence-corrected chi connectivity index (χ3v) is 4.36. The van der Waals surface area contributed by atoms with E-state index in [1.165, 1.54) is 18.7 Å². The normalized spacial score (nSPS) is 15.8. The van der Waals surface area contributed by atoms with E-state index >= 15 is 0 Å². The monoisotopic (exact) mass is 361 g/mol. The number of nitrogens with one attached hydrogen (secondary N) is 1. The first-order chi connectivity index (χ1) is 12.3. The number of primary amides is 1. The highest BCUT2D eigenvalue weighted by atomic mass is 16.5. The van der Waals surface area contributed by atoms with E-state index in [0.29, 0.717) is 37.2 Å². The second kappa shape index (κ2) is 8.46. The number of likely N-dealkylation sites (tertiary alicyclic amines) is 1. The topological polar surface area (TPSA) is 119 Å². The summed E-state index contributed by atoms with van der Waals surface area (Å²) in [7, 11) is 0. The molecule has 1 aromatic carbocycles. The van der Waals surface area contributed by atoms with E-state index in [2.05, 4.69) is 5.32 Å². The number of carbonyl (C=O) groups is 4. The molecule has 0 spiro atoms. The van der Waals surface area contributed by atoms with Gasteiger partial charge in [0.05, 0.1) is 5.92 Å². The Labute approximate surface area is 151 Å². The van der Waals surface area contributed by atoms with Gasteiger partial charge in [0, 0.05) is 24.3 Å². The van der Waals surface area contributed by atoms with Gasteiger partial charge in [0.15, 0.2) is 11.9 Å². The molecule has 1 heterocycles. The van der Waals surface area contributed by atoms with Gasteiger partial charge in [0.25, 0.3) is 5.91 Å². The number of esters is 1. The zero-order valence-electron chi connectivity index (χ0n) is 14.9. The van der Waals surface area contributed by atoms with Gasteiger partial charge in [0.1, 0.15) is 0 Å². The van der Waals surface area contributed by atoms with E-state index < -0.39 is 24.0 Å². The van der Waals surface area contributed by atoms with Crippen molar-refractivity contribution in [1.29, 1.82) is 0 Å². The first-order valence-corrected chi connectivity index (χ1v) is 8.44. The molecule has 0 saturated carbocycles. The van der Waals surface area contributed by atoms with E-state index in [1.54, 1.807) is 24.3 Å². The number of ether oxygens (including phenoxy) is 1. The SMILES string of the molecule is CC(=O)c1ccc(NC(=O)[C@H](C)OC(=O)C2CCN(C(N)=O)CC2)cc1. The van der Waals surface area contributed by atoms with Gasteiger partial charge in [-0.25, -0.2) is 4.79 Å². The van der Waals surface area contributed by atoms with Gasteiger partial charge in [-0.1, -0.05) is 0 Å². The summed E-state index contributed by atoms with van der Waals surface area (Å²) in [5.41, 5.74) is 6.27. The maximum absolute atomic E-state index is 12.2. The highest BCUT2D eigenvalue weighted by molar-refractivity contribution is 5.97. The molecule has 1 atom stereocenters. The van der Waals surface area contributed by atoms with Crippen LogP contribution in [0.15, 0.2) is 24.3 Å². The molecule has 26 heavy (non-hydrogen) atoms. The van der Waals surface area contributed by atoms with Crippen molar-refractivity contribution in [2.75, 3.05) is 18.4 Å². The number of urea groups is 1. The molecule has 1 aliphatic heterocycles. The second-order valence-corrected chi connectivity index (χ2v) is 6.30. The number of rotatable bonds is 5. The lowest BCUT2D eigenvalue weighted by Gasteiger charge is -2.30. The first-order valence-electron chi connectivity index (χ1n) is 8.44. The van der Waals surface area contributed by atoms with E-state index in [4.69, 9.17) is 10.5 Å². The van der Waals surface area contributed by atoms with Crippen molar-refractivity contribution in [3.05, 3.63) is 29.8 Å². The van der Waals surface area contributed by atoms with Crippen LogP contribution in [0.4, 0.5) is 10.5 Å². The van der Waals surface area contributed by atoms with Gasteiger partial charge in [-0.05, 0) is 51.0 Å². The molecule has 1 aromatic rings. The van der Waals surface area contributed by atoms with Crippen LogP contribution < -0.4 is 11.1 Å². The minimum absolute atomic E-state index is 0.0624. The minimum Gasteiger partial charge on any atom is -0.452 e. The van der Waals surface area contributed by atoms with Crippen LogP contribution in [0.3, 0.4) is 0 Å². The highest BCUT2D eigenvalue weighted by Gasteiger charge is 2.29. The number of hydrogen-bond acceptors (Lipinski definition) is 5. The summed E-state index contributed by atoms with van der Waals surface area (Å²) in [6.45, 7) is 3.76. The number of carbonyl (C=O) groups excluding carboxylic acids is 4. The van der Waals surface area contributed by atoms with Crippen molar-refractivity contribution >= 4 is 29.4 Å². The Hall–Kier alpha value is -2.90. The summed E-state index contributed by atoms with van der Waals surface area (Å²) in [5, 5.41) is 2.64. The molecular formula is C18H23N3O5. The predicted molar refractivity (Wildman–Crippen MR) is 94.5 cm³/mol. The molecule has 3 amide bonds. The average Bonchev–Trinajstić information content (AvgIpc) is 2.62. The van der Waals surface area contributed by atoms with Crippen LogP contribution >= 0.6 is 0 Å². The van der Waals surface area contributed by atoms with Gasteiger partial charge in [0.2, 0.25) is 0 Å². The fraction of sp³-hybridized carbons (Fsp3) is 0.444. The third kappa shape index (κ3) is 5.05. The molecule has 0 unspecified atom stereocenters. The lowest BCUT2D eigenvalue weighted by molar-refractivity contribution is -0.158. The van der Waals surface area contributed by atoms with Crippen LogP contribution in [-0.2, 0) is 14.3 Å². The maximum atomic E-state index is 12.2. The van der Waals surface area contributed by atoms with E-state index in [-0.39, 0.29) is 11.7 Å². The smallest absolute Gasteiger partial charge is 0.314 e. The molecule has 2 rings (SSSR count). The summed E-state index contributed by atoms with van der Waals surface area (Å²) in [4.78, 5) is 48.2. The van der Waals surface area contributed by atoms with Crippen molar-refractivity contribution < 1.29 is 23.9 Å². The highest BCUT2D eigenvalue weighted by Crippen LogP contribution is 2.19. The summed E-state index contributed by atoms with van der Waals surface area (Å²) < 4.78 is 5.24. The molecule has 1 aliphatic rings. The quantitative estimate of drug-likeness (QED) is 0.609. The third-order valence-electron chi connectivity index (χ3n) is 4.36. The van der Waals surface area contributed by atoms with Gasteiger partial charge in [-0.15, -0.1) is 0 Å². The van der Waals surface area contributed by atoms with Crippen molar-refractivity contribution in [3.8, 4) is 0 Å². The number of piperidine rings is 1. The van der Waals surface area contributed by atoms with Crippen LogP contribution in [0.5, 0.6) is 0 Å². The average molecular weight is 361 g/mol. The largest absolute Gasteiger partial charge is 0.452 e. The Kier molecular flexibility index (Phi) is 6.32. The van der Waals surface area contributed by atoms with Crippen LogP contribution in [0.25, 0.3) is 0 Å². The van der Waals surface area contributed by atoms with Crippen LogP contribution in [0, 0.1) is 5.92 Å². The van der Waals surface area contributed by atoms with Gasteiger partial charge < -0.3 is 20.7 Å². The van der Waals surface area contributed by atoms with Gasteiger partial charge in [-0.2, -0.15) is 0 Å². The number of benzene rings is 1. The number of amides is 3. The van der Waals surface area contributed by atoms with Gasteiger partial charge >= 0.3 is 12.0 Å². The molecule has 140 valence electrons. The molecule has 1 fully saturated rings. The molecular weight excluding hydrogens is 338 g/mol. The summed E-state index contributed by atoms with van der Waals surface area (Å²) in [6.07, 6.45) is -0.0326. The maximum Gasteiger partial charge on any atom is 0.314 e. The van der Waals surface area contributed by atoms with Crippen LogP contribution in [0.2, 0.25) is 0 Å². The van der Waals surface area contributed by atoms with Crippen molar-refractivity contribution in [3.63, 3.8) is 0 Å². The molecule has 0 aromatic heterocycles. The first kappa shape index (κ1) is 19.4.